The van der Waals surface area contributed by atoms with E-state index < -0.39 is 17.3 Å². The van der Waals surface area contributed by atoms with Crippen LogP contribution in [0.15, 0.2) is 134 Å². The Labute approximate surface area is 281 Å². The number of benzene rings is 4. The second-order valence-electron chi connectivity index (χ2n) is 13.3. The van der Waals surface area contributed by atoms with Crippen LogP contribution < -0.4 is 9.13 Å². The lowest BCUT2D eigenvalue weighted by Gasteiger charge is -2.27. The fourth-order valence-corrected chi connectivity index (χ4v) is 6.93. The van der Waals surface area contributed by atoms with E-state index in [-0.39, 0.29) is 0 Å². The minimum atomic E-state index is -4.37. The maximum absolute atomic E-state index is 13.2. The van der Waals surface area contributed by atoms with Crippen molar-refractivity contribution >= 4 is 0 Å². The van der Waals surface area contributed by atoms with Crippen LogP contribution in [0, 0.1) is 6.92 Å². The molecule has 6 rings (SSSR count). The number of hydrogen-bond acceptors (Lipinski definition) is 0. The first-order valence-corrected chi connectivity index (χ1v) is 16.4. The summed E-state index contributed by atoms with van der Waals surface area (Å²) >= 11 is 0. The Hall–Kier alpha value is -5.03. The maximum Gasteiger partial charge on any atom is 0.416 e. The zero-order chi connectivity index (χ0) is 34.2. The molecule has 0 spiro atoms. The minimum absolute atomic E-state index is 0.370. The summed E-state index contributed by atoms with van der Waals surface area (Å²) in [5.41, 5.74) is 10.8. The molecule has 2 aromatic heterocycles. The topological polar surface area (TPSA) is 7.76 Å². The van der Waals surface area contributed by atoms with Gasteiger partial charge in [0.05, 0.1) is 11.1 Å². The van der Waals surface area contributed by atoms with E-state index in [0.717, 1.165) is 51.3 Å². The summed E-state index contributed by atoms with van der Waals surface area (Å²) in [6.45, 7) is 11.2. The number of nitrogens with zero attached hydrogens (tertiary/aromatic N) is 2. The number of halogens is 3. The van der Waals surface area contributed by atoms with Crippen molar-refractivity contribution < 1.29 is 22.3 Å². The molecule has 0 amide bonds. The largest absolute Gasteiger partial charge is 0.416 e. The Morgan fingerprint density at radius 1 is 0.583 bits per heavy atom. The average Bonchev–Trinajstić information content (AvgIpc) is 3.07. The Morgan fingerprint density at radius 2 is 1.19 bits per heavy atom. The molecular formula is C43H41F3N2+2. The highest BCUT2D eigenvalue weighted by Crippen LogP contribution is 2.38. The molecule has 0 aliphatic heterocycles. The molecule has 5 heteroatoms. The molecule has 242 valence electrons. The van der Waals surface area contributed by atoms with Crippen molar-refractivity contribution in [1.82, 2.24) is 0 Å². The highest BCUT2D eigenvalue weighted by Gasteiger charge is 2.39. The average molecular weight is 643 g/mol. The first kappa shape index (κ1) is 32.9. The van der Waals surface area contributed by atoms with E-state index in [1.807, 2.05) is 18.2 Å². The quantitative estimate of drug-likeness (QED) is 0.153. The van der Waals surface area contributed by atoms with Gasteiger partial charge in [0.2, 0.25) is 11.4 Å². The van der Waals surface area contributed by atoms with E-state index >= 15 is 0 Å². The molecule has 0 aliphatic carbocycles. The lowest BCUT2D eigenvalue weighted by molar-refractivity contribution is -0.742. The minimum Gasteiger partial charge on any atom is -0.201 e. The Morgan fingerprint density at radius 3 is 1.88 bits per heavy atom. The molecule has 0 atom stereocenters. The first-order valence-electron chi connectivity index (χ1n) is 16.4. The predicted molar refractivity (Wildman–Crippen MR) is 188 cm³/mol. The highest BCUT2D eigenvalue weighted by atomic mass is 19.4. The van der Waals surface area contributed by atoms with Crippen LogP contribution in [0.25, 0.3) is 44.8 Å². The predicted octanol–water partition coefficient (Wildman–Crippen LogP) is 10.7. The molecule has 0 fully saturated rings. The van der Waals surface area contributed by atoms with Crippen LogP contribution in [-0.2, 0) is 18.8 Å². The van der Waals surface area contributed by atoms with Crippen molar-refractivity contribution in [3.63, 3.8) is 0 Å². The number of aryl methyl sites for hydroxylation is 2. The Balaban J connectivity index is 1.52. The third-order valence-corrected chi connectivity index (χ3v) is 9.35. The number of rotatable bonds is 7. The summed E-state index contributed by atoms with van der Waals surface area (Å²) < 4.78 is 44.3. The van der Waals surface area contributed by atoms with Crippen molar-refractivity contribution in [2.24, 2.45) is 7.05 Å². The van der Waals surface area contributed by atoms with Crippen LogP contribution in [0.5, 0.6) is 0 Å². The molecule has 0 bridgehead atoms. The Kier molecular flexibility index (Phi) is 8.82. The van der Waals surface area contributed by atoms with E-state index in [4.69, 9.17) is 0 Å². The van der Waals surface area contributed by atoms with E-state index in [1.54, 1.807) is 0 Å². The standard InChI is InChI=1S/C43H41F3N2/c1-29(2)36-16-7-8-17-37(36)41-19-11-13-30(3)48(41)42(4,5)39-25-22-34(28-38(39)40-18-9-10-26-47(40)6)33-15-12-14-32(27-33)31-20-23-35(24-21-31)43(44,45)46/h7-29H,1-6H3/q+2. The lowest BCUT2D eigenvalue weighted by atomic mass is 9.84. The Bertz CT molecular complexity index is 2090. The molecule has 0 radical (unpaired) electrons. The van der Waals surface area contributed by atoms with E-state index in [1.165, 1.54) is 34.5 Å². The molecule has 4 aromatic carbocycles. The number of pyridine rings is 2. The van der Waals surface area contributed by atoms with Gasteiger partial charge >= 0.3 is 6.18 Å². The monoisotopic (exact) mass is 642 g/mol. The molecule has 0 unspecified atom stereocenters. The second-order valence-corrected chi connectivity index (χ2v) is 13.3. The van der Waals surface area contributed by atoms with Crippen LogP contribution in [-0.4, -0.2) is 0 Å². The second kappa shape index (κ2) is 12.9. The van der Waals surface area contributed by atoms with Crippen LogP contribution in [0.1, 0.15) is 56.0 Å². The highest BCUT2D eigenvalue weighted by molar-refractivity contribution is 5.77. The van der Waals surface area contributed by atoms with Gasteiger partial charge in [0.1, 0.15) is 7.05 Å². The van der Waals surface area contributed by atoms with Crippen LogP contribution in [0.2, 0.25) is 0 Å². The third kappa shape index (κ3) is 6.29. The van der Waals surface area contributed by atoms with Crippen molar-refractivity contribution in [1.29, 1.82) is 0 Å². The van der Waals surface area contributed by atoms with Crippen molar-refractivity contribution in [3.05, 3.63) is 156 Å². The molecule has 2 heterocycles. The number of aromatic nitrogens is 2. The molecular weight excluding hydrogens is 601 g/mol. The van der Waals surface area contributed by atoms with Crippen LogP contribution in [0.4, 0.5) is 13.2 Å². The SMILES string of the molecule is Cc1cccc(-c2ccccc2C(C)C)[n+]1C(C)(C)c1ccc(-c2cccc(-c3ccc(C(F)(F)F)cc3)c2)cc1-c1cccc[n+]1C. The van der Waals surface area contributed by atoms with Crippen molar-refractivity contribution in [2.75, 3.05) is 0 Å². The van der Waals surface area contributed by atoms with E-state index in [2.05, 4.69) is 142 Å². The lowest BCUT2D eigenvalue weighted by Crippen LogP contribution is -2.56. The summed E-state index contributed by atoms with van der Waals surface area (Å²) in [4.78, 5) is 0. The summed E-state index contributed by atoms with van der Waals surface area (Å²) in [7, 11) is 2.06. The van der Waals surface area contributed by atoms with Gasteiger partial charge in [0.15, 0.2) is 17.4 Å². The molecule has 48 heavy (non-hydrogen) atoms. The normalized spacial score (nSPS) is 12.0. The van der Waals surface area contributed by atoms with Crippen LogP contribution >= 0.6 is 0 Å². The van der Waals surface area contributed by atoms with Gasteiger partial charge in [-0.3, -0.25) is 0 Å². The summed E-state index contributed by atoms with van der Waals surface area (Å²) in [5.74, 6) is 0.370. The van der Waals surface area contributed by atoms with Crippen molar-refractivity contribution in [3.8, 4) is 44.8 Å². The van der Waals surface area contributed by atoms with E-state index in [9.17, 15) is 13.2 Å². The van der Waals surface area contributed by atoms with Gasteiger partial charge in [-0.2, -0.15) is 17.7 Å². The van der Waals surface area contributed by atoms with Crippen molar-refractivity contribution in [2.45, 2.75) is 52.3 Å². The number of alkyl halides is 3. The maximum atomic E-state index is 13.2. The molecule has 0 N–H and O–H groups in total. The molecule has 0 aliphatic rings. The summed E-state index contributed by atoms with van der Waals surface area (Å²) in [5, 5.41) is 0. The van der Waals surface area contributed by atoms with Gasteiger partial charge in [-0.15, -0.1) is 0 Å². The molecule has 2 nitrogen and oxygen atoms in total. The molecule has 6 aromatic rings. The first-order chi connectivity index (χ1) is 22.9. The fraction of sp³-hybridized carbons (Fsp3) is 0.209. The molecule has 0 saturated heterocycles. The third-order valence-electron chi connectivity index (χ3n) is 9.35. The van der Waals surface area contributed by atoms with Gasteiger partial charge < -0.3 is 0 Å². The van der Waals surface area contributed by atoms with Gasteiger partial charge in [-0.05, 0) is 76.2 Å². The van der Waals surface area contributed by atoms with Crippen LogP contribution in [0.3, 0.4) is 0 Å². The van der Waals surface area contributed by atoms with Gasteiger partial charge in [0.25, 0.3) is 0 Å². The summed E-state index contributed by atoms with van der Waals surface area (Å²) in [6.07, 6.45) is -2.30. The zero-order valence-electron chi connectivity index (χ0n) is 28.3. The van der Waals surface area contributed by atoms with Gasteiger partial charge in [-0.1, -0.05) is 74.5 Å². The van der Waals surface area contributed by atoms with Gasteiger partial charge in [-0.25, -0.2) is 4.57 Å². The zero-order valence-corrected chi connectivity index (χ0v) is 28.3. The number of hydrogen-bond donors (Lipinski definition) is 0. The smallest absolute Gasteiger partial charge is 0.201 e. The summed E-state index contributed by atoms with van der Waals surface area (Å²) in [6, 6.07) is 41.5. The molecule has 0 saturated carbocycles. The van der Waals surface area contributed by atoms with E-state index in [0.29, 0.717) is 5.92 Å². The fourth-order valence-electron chi connectivity index (χ4n) is 6.93. The van der Waals surface area contributed by atoms with Gasteiger partial charge in [0, 0.05) is 56.2 Å².